The van der Waals surface area contributed by atoms with Crippen LogP contribution in [0.5, 0.6) is 0 Å². The average molecular weight is 393 g/mol. The van der Waals surface area contributed by atoms with Crippen LogP contribution in [0.15, 0.2) is 12.1 Å². The Labute approximate surface area is 153 Å². The fourth-order valence-corrected chi connectivity index (χ4v) is 3.30. The van der Waals surface area contributed by atoms with Gasteiger partial charge in [0.15, 0.2) is 6.29 Å². The number of benzene rings is 1. The Balaban J connectivity index is 2.29. The van der Waals surface area contributed by atoms with E-state index in [1.54, 1.807) is 0 Å². The minimum absolute atomic E-state index is 0.0654. The summed E-state index contributed by atoms with van der Waals surface area (Å²) in [6, 6.07) is 2.14. The van der Waals surface area contributed by atoms with Gasteiger partial charge >= 0.3 is 0 Å². The number of halogens is 2. The van der Waals surface area contributed by atoms with Gasteiger partial charge in [-0.3, -0.25) is 4.21 Å². The molecule has 1 saturated heterocycles. The summed E-state index contributed by atoms with van der Waals surface area (Å²) in [4.78, 5) is 0. The fraction of sp³-hybridized carbons (Fsp3) is 0.625. The molecule has 1 fully saturated rings. The Morgan fingerprint density at radius 3 is 2.50 bits per heavy atom. The minimum Gasteiger partial charge on any atom is -0.760 e. The SMILES string of the molecule is COC(CNC1(c2cc(F)c(CNS(=O)[O-])cc2F)CCOCC1)OC. The Kier molecular flexibility index (Phi) is 8.02. The van der Waals surface area contributed by atoms with Gasteiger partial charge in [-0.25, -0.2) is 13.5 Å². The molecular weight excluding hydrogens is 370 g/mol. The number of hydrogen-bond acceptors (Lipinski definition) is 6. The van der Waals surface area contributed by atoms with Crippen LogP contribution in [0.25, 0.3) is 0 Å². The third kappa shape index (κ3) is 5.26. The Morgan fingerprint density at radius 2 is 1.92 bits per heavy atom. The van der Waals surface area contributed by atoms with Crippen molar-refractivity contribution in [1.29, 1.82) is 0 Å². The van der Waals surface area contributed by atoms with Crippen LogP contribution in [0.2, 0.25) is 0 Å². The Bertz CT molecular complexity index is 625. The third-order valence-corrected chi connectivity index (χ3v) is 4.89. The molecule has 1 atom stereocenters. The monoisotopic (exact) mass is 393 g/mol. The zero-order valence-electron chi connectivity index (χ0n) is 14.7. The van der Waals surface area contributed by atoms with E-state index < -0.39 is 34.7 Å². The number of nitrogens with one attached hydrogen (secondary N) is 2. The van der Waals surface area contributed by atoms with E-state index >= 15 is 0 Å². The zero-order valence-corrected chi connectivity index (χ0v) is 15.5. The smallest absolute Gasteiger partial charge is 0.169 e. The van der Waals surface area contributed by atoms with Crippen LogP contribution >= 0.6 is 0 Å². The second-order valence-corrected chi connectivity index (χ2v) is 6.71. The topological polar surface area (TPSA) is 91.9 Å². The first kappa shape index (κ1) is 21.3. The molecule has 7 nitrogen and oxygen atoms in total. The van der Waals surface area contributed by atoms with Crippen LogP contribution in [0.3, 0.4) is 0 Å². The van der Waals surface area contributed by atoms with E-state index in [1.165, 1.54) is 14.2 Å². The number of rotatable bonds is 9. The van der Waals surface area contributed by atoms with Crippen molar-refractivity contribution in [2.45, 2.75) is 31.2 Å². The molecule has 2 rings (SSSR count). The van der Waals surface area contributed by atoms with Gasteiger partial charge in [0.1, 0.15) is 11.6 Å². The summed E-state index contributed by atoms with van der Waals surface area (Å²) in [7, 11) is 2.99. The third-order valence-electron chi connectivity index (χ3n) is 4.51. The van der Waals surface area contributed by atoms with Gasteiger partial charge in [0, 0.05) is 62.9 Å². The Morgan fingerprint density at radius 1 is 1.27 bits per heavy atom. The summed E-state index contributed by atoms with van der Waals surface area (Å²) in [6.45, 7) is 0.763. The minimum atomic E-state index is -2.56. The van der Waals surface area contributed by atoms with Crippen molar-refractivity contribution in [3.8, 4) is 0 Å². The summed E-state index contributed by atoms with van der Waals surface area (Å²) in [6.07, 6.45) is 0.371. The van der Waals surface area contributed by atoms with Crippen molar-refractivity contribution in [3.63, 3.8) is 0 Å². The molecule has 0 saturated carbocycles. The molecule has 1 aliphatic heterocycles. The second-order valence-electron chi connectivity index (χ2n) is 5.96. The highest BCUT2D eigenvalue weighted by Crippen LogP contribution is 2.35. The lowest BCUT2D eigenvalue weighted by Crippen LogP contribution is -2.50. The van der Waals surface area contributed by atoms with Crippen molar-refractivity contribution in [3.05, 3.63) is 34.9 Å². The number of hydrogen-bond donors (Lipinski definition) is 2. The summed E-state index contributed by atoms with van der Waals surface area (Å²) in [5.74, 6) is -1.29. The van der Waals surface area contributed by atoms with Crippen molar-refractivity contribution < 1.29 is 31.8 Å². The highest BCUT2D eigenvalue weighted by Gasteiger charge is 2.37. The predicted molar refractivity (Wildman–Crippen MR) is 89.7 cm³/mol. The standard InChI is InChI=1S/C16H24F2N2O5S/c1-23-15(24-2)10-19-16(3-5-25-6-4-16)12-8-13(17)11(7-14(12)18)9-20-26(21)22/h7-8,15,19-20H,3-6,9-10H2,1-2H3,(H,21,22)/p-1. The van der Waals surface area contributed by atoms with Gasteiger partial charge in [-0.2, -0.15) is 0 Å². The summed E-state index contributed by atoms with van der Waals surface area (Å²) in [5.41, 5.74) is -0.716. The summed E-state index contributed by atoms with van der Waals surface area (Å²) >= 11 is -2.56. The molecule has 1 aromatic carbocycles. The van der Waals surface area contributed by atoms with Crippen LogP contribution in [0, 0.1) is 11.6 Å². The molecule has 0 radical (unpaired) electrons. The van der Waals surface area contributed by atoms with E-state index in [0.29, 0.717) is 26.1 Å². The maximum Gasteiger partial charge on any atom is 0.169 e. The van der Waals surface area contributed by atoms with Crippen LogP contribution in [-0.2, 0) is 37.6 Å². The van der Waals surface area contributed by atoms with Gasteiger partial charge in [0.05, 0.1) is 5.54 Å². The lowest BCUT2D eigenvalue weighted by atomic mass is 9.81. The van der Waals surface area contributed by atoms with Crippen LogP contribution in [-0.4, -0.2) is 49.0 Å². The maximum atomic E-state index is 14.8. The molecule has 10 heteroatoms. The lowest BCUT2D eigenvalue weighted by molar-refractivity contribution is -0.105. The highest BCUT2D eigenvalue weighted by atomic mass is 32.2. The van der Waals surface area contributed by atoms with Crippen molar-refractivity contribution in [2.24, 2.45) is 0 Å². The first-order chi connectivity index (χ1) is 12.4. The molecule has 0 aliphatic carbocycles. The molecular formula is C16H23F2N2O5S-. The average Bonchev–Trinajstić information content (AvgIpc) is 2.63. The molecule has 0 bridgehead atoms. The number of ether oxygens (including phenoxy) is 3. The van der Waals surface area contributed by atoms with Crippen LogP contribution in [0.4, 0.5) is 8.78 Å². The highest BCUT2D eigenvalue weighted by molar-refractivity contribution is 7.77. The first-order valence-electron chi connectivity index (χ1n) is 8.11. The molecule has 26 heavy (non-hydrogen) atoms. The fourth-order valence-electron chi connectivity index (χ4n) is 3.03. The summed E-state index contributed by atoms with van der Waals surface area (Å²) in [5, 5.41) is 3.24. The van der Waals surface area contributed by atoms with E-state index in [0.717, 1.165) is 12.1 Å². The quantitative estimate of drug-likeness (QED) is 0.482. The molecule has 1 heterocycles. The van der Waals surface area contributed by atoms with Gasteiger partial charge in [-0.05, 0) is 25.0 Å². The van der Waals surface area contributed by atoms with Crippen molar-refractivity contribution in [1.82, 2.24) is 10.0 Å². The first-order valence-corrected chi connectivity index (χ1v) is 9.19. The Hall–Kier alpha value is -1.01. The molecule has 0 amide bonds. The number of methoxy groups -OCH3 is 2. The van der Waals surface area contributed by atoms with E-state index in [2.05, 4.69) is 5.32 Å². The van der Waals surface area contributed by atoms with Crippen LogP contribution < -0.4 is 10.0 Å². The molecule has 1 aromatic rings. The summed E-state index contributed by atoms with van der Waals surface area (Å²) < 4.78 is 68.0. The zero-order chi connectivity index (χ0) is 19.2. The molecule has 1 aliphatic rings. The lowest BCUT2D eigenvalue weighted by Gasteiger charge is -2.39. The van der Waals surface area contributed by atoms with Gasteiger partial charge in [0.25, 0.3) is 0 Å². The molecule has 0 aromatic heterocycles. The van der Waals surface area contributed by atoms with Crippen molar-refractivity contribution >= 4 is 11.3 Å². The molecule has 1 unspecified atom stereocenters. The van der Waals surface area contributed by atoms with E-state index in [9.17, 15) is 17.5 Å². The van der Waals surface area contributed by atoms with E-state index in [-0.39, 0.29) is 24.2 Å². The second kappa shape index (κ2) is 9.79. The molecule has 0 spiro atoms. The molecule has 2 N–H and O–H groups in total. The van der Waals surface area contributed by atoms with E-state index in [1.807, 2.05) is 4.72 Å². The van der Waals surface area contributed by atoms with E-state index in [4.69, 9.17) is 14.2 Å². The van der Waals surface area contributed by atoms with Crippen LogP contribution in [0.1, 0.15) is 24.0 Å². The van der Waals surface area contributed by atoms with Gasteiger partial charge in [-0.15, -0.1) is 0 Å². The van der Waals surface area contributed by atoms with Gasteiger partial charge < -0.3 is 24.1 Å². The maximum absolute atomic E-state index is 14.8. The van der Waals surface area contributed by atoms with Crippen molar-refractivity contribution in [2.75, 3.05) is 34.0 Å². The van der Waals surface area contributed by atoms with Gasteiger partial charge in [-0.1, -0.05) is 0 Å². The predicted octanol–water partition coefficient (Wildman–Crippen LogP) is 1.06. The van der Waals surface area contributed by atoms with Gasteiger partial charge in [0.2, 0.25) is 0 Å². The normalized spacial score (nSPS) is 18.2. The largest absolute Gasteiger partial charge is 0.760 e. The molecule has 148 valence electrons.